The van der Waals surface area contributed by atoms with Crippen molar-refractivity contribution < 1.29 is 13.2 Å². The molecule has 0 bridgehead atoms. The Bertz CT molecular complexity index is 457. The van der Waals surface area contributed by atoms with Crippen molar-refractivity contribution in [3.63, 3.8) is 0 Å². The minimum absolute atomic E-state index is 0.321. The Kier molecular flexibility index (Phi) is 4.14. The second-order valence-electron chi connectivity index (χ2n) is 3.46. The normalized spacial score (nSPS) is 11.2. The lowest BCUT2D eigenvalue weighted by Gasteiger charge is -2.14. The molecule has 0 amide bonds. The Morgan fingerprint density at radius 3 is 2.62 bits per heavy atom. The smallest absolute Gasteiger partial charge is 0.229 e. The van der Waals surface area contributed by atoms with Gasteiger partial charge in [0, 0.05) is 0 Å². The third kappa shape index (κ3) is 3.71. The molecule has 0 aliphatic heterocycles. The summed E-state index contributed by atoms with van der Waals surface area (Å²) in [6, 6.07) is 5.35. The maximum absolute atomic E-state index is 11.2. The van der Waals surface area contributed by atoms with Crippen molar-refractivity contribution in [3.05, 3.63) is 23.8 Å². The number of para-hydroxylation sites is 1. The van der Waals surface area contributed by atoms with Crippen LogP contribution in [-0.4, -0.2) is 28.5 Å². The average molecular weight is 244 g/mol. The maximum atomic E-state index is 11.2. The van der Waals surface area contributed by atoms with Gasteiger partial charge in [0.2, 0.25) is 10.0 Å². The largest absolute Gasteiger partial charge is 0.476 e. The quantitative estimate of drug-likeness (QED) is 0.756. The van der Waals surface area contributed by atoms with Crippen molar-refractivity contribution >= 4 is 15.7 Å². The molecule has 2 N–H and O–H groups in total. The first-order valence-corrected chi connectivity index (χ1v) is 6.68. The summed E-state index contributed by atoms with van der Waals surface area (Å²) in [6.07, 6.45) is 1.11. The summed E-state index contributed by atoms with van der Waals surface area (Å²) < 4.78 is 30.2. The van der Waals surface area contributed by atoms with E-state index in [0.29, 0.717) is 18.2 Å². The van der Waals surface area contributed by atoms with Gasteiger partial charge in [0.15, 0.2) is 0 Å². The molecule has 6 heteroatoms. The third-order valence-electron chi connectivity index (χ3n) is 1.89. The monoisotopic (exact) mass is 244 g/mol. The zero-order valence-corrected chi connectivity index (χ0v) is 10.4. The van der Waals surface area contributed by atoms with Crippen LogP contribution in [0, 0.1) is 6.92 Å². The zero-order chi connectivity index (χ0) is 12.2. The first-order chi connectivity index (χ1) is 7.44. The molecule has 0 aliphatic carbocycles. The lowest BCUT2D eigenvalue weighted by molar-refractivity contribution is 0.297. The van der Waals surface area contributed by atoms with E-state index in [0.717, 1.165) is 11.8 Å². The van der Waals surface area contributed by atoms with Crippen LogP contribution in [-0.2, 0) is 10.0 Å². The predicted octanol–water partition coefficient (Wildman–Crippen LogP) is 0.922. The number of hydrogen-bond acceptors (Lipinski definition) is 4. The number of benzene rings is 1. The van der Waals surface area contributed by atoms with E-state index in [2.05, 4.69) is 10.0 Å². The number of hydrogen-bond donors (Lipinski definition) is 2. The van der Waals surface area contributed by atoms with E-state index in [-0.39, 0.29) is 0 Å². The molecule has 1 aromatic carbocycles. The Labute approximate surface area is 95.9 Å². The van der Waals surface area contributed by atoms with Crippen LogP contribution < -0.4 is 14.8 Å². The minimum Gasteiger partial charge on any atom is -0.476 e. The summed E-state index contributed by atoms with van der Waals surface area (Å²) in [5.74, 6) is 0.514. The van der Waals surface area contributed by atoms with Gasteiger partial charge in [-0.05, 0) is 25.6 Å². The number of sulfonamides is 1. The molecule has 0 radical (unpaired) electrons. The van der Waals surface area contributed by atoms with Crippen LogP contribution in [0.25, 0.3) is 0 Å². The molecule has 0 saturated carbocycles. The third-order valence-corrected chi connectivity index (χ3v) is 2.47. The number of nitrogens with one attached hydrogen (secondary N) is 2. The van der Waals surface area contributed by atoms with Crippen molar-refractivity contribution in [2.45, 2.75) is 6.92 Å². The predicted molar refractivity (Wildman–Crippen MR) is 64.2 cm³/mol. The standard InChI is InChI=1S/C10H16N2O3S/c1-8-5-4-6-9(15-7-11-2)10(8)12-16(3,13)14/h4-6,11-12H,7H2,1-3H3. The van der Waals surface area contributed by atoms with Gasteiger partial charge in [-0.1, -0.05) is 12.1 Å². The van der Waals surface area contributed by atoms with E-state index in [1.807, 2.05) is 19.1 Å². The Hall–Kier alpha value is -1.27. The number of rotatable bonds is 5. The van der Waals surface area contributed by atoms with Gasteiger partial charge in [0.25, 0.3) is 0 Å². The fraction of sp³-hybridized carbons (Fsp3) is 0.400. The summed E-state index contributed by atoms with van der Waals surface area (Å²) in [4.78, 5) is 0. The summed E-state index contributed by atoms with van der Waals surface area (Å²) >= 11 is 0. The summed E-state index contributed by atoms with van der Waals surface area (Å²) in [5, 5.41) is 2.83. The van der Waals surface area contributed by atoms with E-state index in [1.165, 1.54) is 0 Å². The topological polar surface area (TPSA) is 67.4 Å². The molecule has 16 heavy (non-hydrogen) atoms. The first-order valence-electron chi connectivity index (χ1n) is 4.79. The van der Waals surface area contributed by atoms with Crippen molar-refractivity contribution in [3.8, 4) is 5.75 Å². The minimum atomic E-state index is -3.30. The van der Waals surface area contributed by atoms with Crippen LogP contribution >= 0.6 is 0 Å². The van der Waals surface area contributed by atoms with Gasteiger partial charge in [-0.25, -0.2) is 8.42 Å². The molecular weight excluding hydrogens is 228 g/mol. The highest BCUT2D eigenvalue weighted by molar-refractivity contribution is 7.92. The molecule has 0 saturated heterocycles. The van der Waals surface area contributed by atoms with E-state index in [1.54, 1.807) is 13.1 Å². The molecule has 1 rings (SSSR count). The van der Waals surface area contributed by atoms with Gasteiger partial charge in [-0.3, -0.25) is 10.0 Å². The Morgan fingerprint density at radius 2 is 2.06 bits per heavy atom. The molecular formula is C10H16N2O3S. The van der Waals surface area contributed by atoms with Gasteiger partial charge in [0.1, 0.15) is 12.5 Å². The van der Waals surface area contributed by atoms with Gasteiger partial charge in [0.05, 0.1) is 11.9 Å². The average Bonchev–Trinajstić information content (AvgIpc) is 2.17. The van der Waals surface area contributed by atoms with E-state index >= 15 is 0 Å². The number of anilines is 1. The molecule has 0 aliphatic rings. The number of aryl methyl sites for hydroxylation is 1. The molecule has 1 aromatic rings. The molecule has 0 aromatic heterocycles. The molecule has 90 valence electrons. The van der Waals surface area contributed by atoms with Crippen LogP contribution in [0.5, 0.6) is 5.75 Å². The summed E-state index contributed by atoms with van der Waals surface area (Å²) in [6.45, 7) is 2.14. The van der Waals surface area contributed by atoms with Gasteiger partial charge in [-0.15, -0.1) is 0 Å². The first kappa shape index (κ1) is 12.8. The van der Waals surface area contributed by atoms with Gasteiger partial charge < -0.3 is 4.74 Å². The maximum Gasteiger partial charge on any atom is 0.229 e. The molecule has 0 atom stereocenters. The van der Waals surface area contributed by atoms with E-state index in [9.17, 15) is 8.42 Å². The van der Waals surface area contributed by atoms with Crippen molar-refractivity contribution in [1.82, 2.24) is 5.32 Å². The fourth-order valence-electron chi connectivity index (χ4n) is 1.23. The number of ether oxygens (including phenoxy) is 1. The second-order valence-corrected chi connectivity index (χ2v) is 5.21. The second kappa shape index (κ2) is 5.18. The lowest BCUT2D eigenvalue weighted by atomic mass is 10.2. The van der Waals surface area contributed by atoms with E-state index < -0.39 is 10.0 Å². The highest BCUT2D eigenvalue weighted by Gasteiger charge is 2.10. The summed E-state index contributed by atoms with van der Waals surface area (Å²) in [7, 11) is -1.55. The molecule has 0 heterocycles. The van der Waals surface area contributed by atoms with Crippen LogP contribution in [0.1, 0.15) is 5.56 Å². The Morgan fingerprint density at radius 1 is 1.38 bits per heavy atom. The molecule has 0 spiro atoms. The van der Waals surface area contributed by atoms with Crippen molar-refractivity contribution in [1.29, 1.82) is 0 Å². The SMILES string of the molecule is CNCOc1cccc(C)c1NS(C)(=O)=O. The Balaban J connectivity index is 3.03. The van der Waals surface area contributed by atoms with Gasteiger partial charge >= 0.3 is 0 Å². The zero-order valence-electron chi connectivity index (χ0n) is 9.57. The highest BCUT2D eigenvalue weighted by atomic mass is 32.2. The molecule has 5 nitrogen and oxygen atoms in total. The molecule has 0 fully saturated rings. The van der Waals surface area contributed by atoms with Crippen molar-refractivity contribution in [2.75, 3.05) is 24.8 Å². The fourth-order valence-corrected chi connectivity index (χ4v) is 1.86. The van der Waals surface area contributed by atoms with Crippen LogP contribution in [0.15, 0.2) is 18.2 Å². The van der Waals surface area contributed by atoms with E-state index in [4.69, 9.17) is 4.74 Å². The van der Waals surface area contributed by atoms with Crippen LogP contribution in [0.4, 0.5) is 5.69 Å². The summed E-state index contributed by atoms with van der Waals surface area (Å²) in [5.41, 5.74) is 1.30. The van der Waals surface area contributed by atoms with Crippen molar-refractivity contribution in [2.24, 2.45) is 0 Å². The molecule has 0 unspecified atom stereocenters. The lowest BCUT2D eigenvalue weighted by Crippen LogP contribution is -2.17. The van der Waals surface area contributed by atoms with Gasteiger partial charge in [-0.2, -0.15) is 0 Å². The van der Waals surface area contributed by atoms with Crippen LogP contribution in [0.2, 0.25) is 0 Å². The highest BCUT2D eigenvalue weighted by Crippen LogP contribution is 2.28. The van der Waals surface area contributed by atoms with Crippen LogP contribution in [0.3, 0.4) is 0 Å².